The van der Waals surface area contributed by atoms with E-state index < -0.39 is 20.2 Å². The summed E-state index contributed by atoms with van der Waals surface area (Å²) in [5.41, 5.74) is 1.37. The Labute approximate surface area is 193 Å². The lowest BCUT2D eigenvalue weighted by Crippen LogP contribution is -2.08. The standard InChI is InChI=1S/C23H22N2O6S2/c26-32(27,22-12-6-2-7-13-22)30-24-19-18-21(17-16-20-10-4-1-5-11-20)25-31-33(28,29)23-14-8-3-9-15-23/h1-15,19H,16-18H2. The summed E-state index contributed by atoms with van der Waals surface area (Å²) in [5.74, 6) is 0. The van der Waals surface area contributed by atoms with Crippen LogP contribution in [0.1, 0.15) is 18.4 Å². The van der Waals surface area contributed by atoms with Gasteiger partial charge in [0.05, 0.1) is 11.9 Å². The summed E-state index contributed by atoms with van der Waals surface area (Å²) in [6.07, 6.45) is 2.17. The van der Waals surface area contributed by atoms with Crippen LogP contribution < -0.4 is 0 Å². The molecule has 0 aromatic heterocycles. The molecular weight excluding hydrogens is 464 g/mol. The van der Waals surface area contributed by atoms with Crippen molar-refractivity contribution in [3.05, 3.63) is 96.6 Å². The molecule has 0 unspecified atom stereocenters. The summed E-state index contributed by atoms with van der Waals surface area (Å²) in [5, 5.41) is 7.33. The molecule has 0 atom stereocenters. The van der Waals surface area contributed by atoms with Crippen LogP contribution in [-0.2, 0) is 35.2 Å². The molecule has 0 amide bonds. The molecule has 3 aromatic carbocycles. The molecule has 0 N–H and O–H groups in total. The molecule has 3 aromatic rings. The minimum absolute atomic E-state index is 0.0258. The van der Waals surface area contributed by atoms with Crippen LogP contribution in [0.15, 0.2) is 111 Å². The smallest absolute Gasteiger partial charge is 0.265 e. The van der Waals surface area contributed by atoms with Crippen LogP contribution in [0.4, 0.5) is 0 Å². The molecule has 0 bridgehead atoms. The second-order valence-corrected chi connectivity index (χ2v) is 9.88. The van der Waals surface area contributed by atoms with Crippen LogP contribution in [0.25, 0.3) is 0 Å². The number of hydrogen-bond acceptors (Lipinski definition) is 8. The highest BCUT2D eigenvalue weighted by Crippen LogP contribution is 2.14. The van der Waals surface area contributed by atoms with Crippen molar-refractivity contribution in [3.63, 3.8) is 0 Å². The molecule has 0 aliphatic carbocycles. The van der Waals surface area contributed by atoms with Gasteiger partial charge < -0.3 is 0 Å². The van der Waals surface area contributed by atoms with Crippen molar-refractivity contribution in [2.75, 3.05) is 0 Å². The highest BCUT2D eigenvalue weighted by molar-refractivity contribution is 7.87. The fourth-order valence-electron chi connectivity index (χ4n) is 2.71. The Morgan fingerprint density at radius 1 is 0.697 bits per heavy atom. The van der Waals surface area contributed by atoms with Gasteiger partial charge in [-0.2, -0.15) is 16.8 Å². The number of hydrogen-bond donors (Lipinski definition) is 0. The molecule has 8 nitrogen and oxygen atoms in total. The van der Waals surface area contributed by atoms with Crippen molar-refractivity contribution < 1.29 is 25.4 Å². The van der Waals surface area contributed by atoms with Crippen LogP contribution in [0, 0.1) is 0 Å². The van der Waals surface area contributed by atoms with Crippen molar-refractivity contribution in [2.45, 2.75) is 29.1 Å². The number of rotatable bonds is 11. The lowest BCUT2D eigenvalue weighted by atomic mass is 10.1. The molecule has 0 aliphatic rings. The molecule has 0 aliphatic heterocycles. The first kappa shape index (κ1) is 24.1. The fraction of sp³-hybridized carbons (Fsp3) is 0.130. The number of oxime groups is 2. The minimum Gasteiger partial charge on any atom is -0.265 e. The Bertz CT molecular complexity index is 1290. The molecule has 172 valence electrons. The van der Waals surface area contributed by atoms with Crippen LogP contribution >= 0.6 is 0 Å². The third kappa shape index (κ3) is 7.55. The van der Waals surface area contributed by atoms with Crippen LogP contribution in [0.3, 0.4) is 0 Å². The van der Waals surface area contributed by atoms with Gasteiger partial charge >= 0.3 is 20.2 Å². The quantitative estimate of drug-likeness (QED) is 0.297. The van der Waals surface area contributed by atoms with Gasteiger partial charge in [-0.15, -0.1) is 0 Å². The summed E-state index contributed by atoms with van der Waals surface area (Å²) in [6.45, 7) is 0. The molecule has 0 saturated heterocycles. The van der Waals surface area contributed by atoms with Crippen molar-refractivity contribution in [1.82, 2.24) is 0 Å². The van der Waals surface area contributed by atoms with Gasteiger partial charge in [-0.25, -0.2) is 0 Å². The molecule has 10 heteroatoms. The zero-order chi connectivity index (χ0) is 23.6. The Kier molecular flexibility index (Phi) is 8.34. The lowest BCUT2D eigenvalue weighted by molar-refractivity contribution is 0.336. The van der Waals surface area contributed by atoms with Crippen LogP contribution in [0.2, 0.25) is 0 Å². The molecule has 0 fully saturated rings. The predicted octanol–water partition coefficient (Wildman–Crippen LogP) is 4.16. The first-order valence-electron chi connectivity index (χ1n) is 9.96. The van der Waals surface area contributed by atoms with Gasteiger partial charge in [0.2, 0.25) is 0 Å². The number of benzene rings is 3. The van der Waals surface area contributed by atoms with Gasteiger partial charge in [-0.1, -0.05) is 77.0 Å². The lowest BCUT2D eigenvalue weighted by Gasteiger charge is -2.06. The molecule has 0 radical (unpaired) electrons. The summed E-state index contributed by atoms with van der Waals surface area (Å²) in [4.78, 5) is -0.0560. The number of nitrogens with zero attached hydrogens (tertiary/aromatic N) is 2. The van der Waals surface area contributed by atoms with E-state index in [4.69, 9.17) is 4.28 Å². The summed E-state index contributed by atoms with van der Waals surface area (Å²) >= 11 is 0. The summed E-state index contributed by atoms with van der Waals surface area (Å²) in [7, 11) is -8.14. The van der Waals surface area contributed by atoms with Crippen molar-refractivity contribution in [2.24, 2.45) is 10.3 Å². The van der Waals surface area contributed by atoms with E-state index in [9.17, 15) is 16.8 Å². The third-order valence-corrected chi connectivity index (χ3v) is 6.67. The Balaban J connectivity index is 1.69. The normalized spacial score (nSPS) is 12.5. The molecule has 3 rings (SSSR count). The SMILES string of the molecule is O=S(=O)(ON=CCC(CCc1ccccc1)=NOS(=O)(=O)c1ccccc1)c1ccccc1. The third-order valence-electron chi connectivity index (χ3n) is 4.42. The Hall–Kier alpha value is -3.50. The minimum atomic E-state index is -4.09. The zero-order valence-corrected chi connectivity index (χ0v) is 19.2. The average Bonchev–Trinajstić information content (AvgIpc) is 2.84. The van der Waals surface area contributed by atoms with Gasteiger partial charge in [0, 0.05) is 6.42 Å². The van der Waals surface area contributed by atoms with Crippen molar-refractivity contribution in [3.8, 4) is 0 Å². The van der Waals surface area contributed by atoms with Gasteiger partial charge in [0.1, 0.15) is 9.79 Å². The van der Waals surface area contributed by atoms with E-state index in [0.717, 1.165) is 5.56 Å². The van der Waals surface area contributed by atoms with Crippen molar-refractivity contribution >= 4 is 32.2 Å². The highest BCUT2D eigenvalue weighted by Gasteiger charge is 2.16. The Morgan fingerprint density at radius 3 is 1.73 bits per heavy atom. The molecule has 0 saturated carbocycles. The molecule has 0 spiro atoms. The largest absolute Gasteiger partial charge is 0.358 e. The maximum absolute atomic E-state index is 12.4. The van der Waals surface area contributed by atoms with Gasteiger partial charge in [-0.3, -0.25) is 8.57 Å². The van der Waals surface area contributed by atoms with Crippen LogP contribution in [0.5, 0.6) is 0 Å². The zero-order valence-electron chi connectivity index (χ0n) is 17.5. The molecular formula is C23H22N2O6S2. The number of aryl methyl sites for hydroxylation is 1. The van der Waals surface area contributed by atoms with E-state index in [-0.39, 0.29) is 16.2 Å². The molecule has 33 heavy (non-hydrogen) atoms. The monoisotopic (exact) mass is 486 g/mol. The van der Waals surface area contributed by atoms with E-state index in [1.807, 2.05) is 30.3 Å². The van der Waals surface area contributed by atoms with E-state index in [1.165, 1.54) is 30.5 Å². The first-order valence-corrected chi connectivity index (χ1v) is 12.8. The summed E-state index contributed by atoms with van der Waals surface area (Å²) < 4.78 is 58.5. The van der Waals surface area contributed by atoms with Crippen molar-refractivity contribution in [1.29, 1.82) is 0 Å². The summed E-state index contributed by atoms with van der Waals surface area (Å²) in [6, 6.07) is 24.8. The predicted molar refractivity (Wildman–Crippen MR) is 125 cm³/mol. The highest BCUT2D eigenvalue weighted by atomic mass is 32.2. The maximum atomic E-state index is 12.4. The maximum Gasteiger partial charge on any atom is 0.358 e. The van der Waals surface area contributed by atoms with Gasteiger partial charge in [0.25, 0.3) is 0 Å². The Morgan fingerprint density at radius 2 is 1.18 bits per heavy atom. The van der Waals surface area contributed by atoms with Gasteiger partial charge in [-0.05, 0) is 42.7 Å². The van der Waals surface area contributed by atoms with E-state index in [1.54, 1.807) is 36.4 Å². The van der Waals surface area contributed by atoms with E-state index in [0.29, 0.717) is 18.6 Å². The van der Waals surface area contributed by atoms with E-state index >= 15 is 0 Å². The second-order valence-electron chi connectivity index (χ2n) is 6.82. The second kappa shape index (κ2) is 11.4. The van der Waals surface area contributed by atoms with Gasteiger partial charge in [0.15, 0.2) is 0 Å². The average molecular weight is 487 g/mol. The fourth-order valence-corrected chi connectivity index (χ4v) is 4.24. The first-order chi connectivity index (χ1) is 15.9. The van der Waals surface area contributed by atoms with E-state index in [2.05, 4.69) is 14.6 Å². The molecule has 0 heterocycles. The van der Waals surface area contributed by atoms with Crippen LogP contribution in [-0.4, -0.2) is 28.8 Å². The topological polar surface area (TPSA) is 111 Å².